The van der Waals surface area contributed by atoms with Gasteiger partial charge in [-0.1, -0.05) is 28.1 Å². The van der Waals surface area contributed by atoms with Gasteiger partial charge in [0.2, 0.25) is 0 Å². The zero-order chi connectivity index (χ0) is 13.0. The number of halogens is 2. The molecule has 0 aliphatic rings. The van der Waals surface area contributed by atoms with Gasteiger partial charge in [0.1, 0.15) is 18.2 Å². The topological polar surface area (TPSA) is 35.2 Å². The molecule has 2 nitrogen and oxygen atoms in total. The summed E-state index contributed by atoms with van der Waals surface area (Å²) in [5, 5.41) is 0. The molecule has 0 aromatic heterocycles. The largest absolute Gasteiger partial charge is 0.489 e. The molecule has 0 saturated heterocycles. The summed E-state index contributed by atoms with van der Waals surface area (Å²) in [5.74, 6) is 0.453. The van der Waals surface area contributed by atoms with Crippen LogP contribution < -0.4 is 10.5 Å². The number of nitrogens with two attached hydrogens (primary N) is 1. The van der Waals surface area contributed by atoms with Crippen molar-refractivity contribution in [2.24, 2.45) is 5.73 Å². The van der Waals surface area contributed by atoms with Crippen molar-refractivity contribution in [2.75, 3.05) is 0 Å². The van der Waals surface area contributed by atoms with E-state index < -0.39 is 0 Å². The van der Waals surface area contributed by atoms with Gasteiger partial charge in [-0.3, -0.25) is 0 Å². The van der Waals surface area contributed by atoms with Gasteiger partial charge in [0.05, 0.1) is 0 Å². The Morgan fingerprint density at radius 3 is 2.61 bits per heavy atom. The van der Waals surface area contributed by atoms with Crippen LogP contribution in [0.25, 0.3) is 0 Å². The molecule has 18 heavy (non-hydrogen) atoms. The zero-order valence-corrected chi connectivity index (χ0v) is 11.3. The van der Waals surface area contributed by atoms with Crippen LogP contribution in [0.5, 0.6) is 5.75 Å². The molecule has 0 fully saturated rings. The number of ether oxygens (including phenoxy) is 1. The van der Waals surface area contributed by atoms with Crippen LogP contribution in [-0.4, -0.2) is 0 Å². The molecular formula is C14H13BrFNO. The molecule has 94 valence electrons. The maximum atomic E-state index is 13.3. The summed E-state index contributed by atoms with van der Waals surface area (Å²) < 4.78 is 19.8. The van der Waals surface area contributed by atoms with E-state index in [4.69, 9.17) is 10.5 Å². The van der Waals surface area contributed by atoms with Gasteiger partial charge >= 0.3 is 0 Å². The molecule has 0 spiro atoms. The van der Waals surface area contributed by atoms with Gasteiger partial charge < -0.3 is 10.5 Å². The Labute approximate surface area is 114 Å². The maximum Gasteiger partial charge on any atom is 0.123 e. The predicted molar refractivity (Wildman–Crippen MR) is 72.8 cm³/mol. The standard InChI is InChI=1S/C14H13BrFNO/c15-12-2-1-3-14(7-12)18-9-11-4-10(8-17)5-13(16)6-11/h1-7H,8-9,17H2. The molecule has 0 radical (unpaired) electrons. The maximum absolute atomic E-state index is 13.3. The molecule has 0 saturated carbocycles. The SMILES string of the molecule is NCc1cc(F)cc(COc2cccc(Br)c2)c1. The molecular weight excluding hydrogens is 297 g/mol. The second kappa shape index (κ2) is 5.98. The van der Waals surface area contributed by atoms with Gasteiger partial charge in [-0.25, -0.2) is 4.39 Å². The third kappa shape index (κ3) is 3.55. The molecule has 2 N–H and O–H groups in total. The summed E-state index contributed by atoms with van der Waals surface area (Å²) >= 11 is 3.37. The highest BCUT2D eigenvalue weighted by Crippen LogP contribution is 2.19. The zero-order valence-electron chi connectivity index (χ0n) is 9.70. The smallest absolute Gasteiger partial charge is 0.123 e. The van der Waals surface area contributed by atoms with E-state index >= 15 is 0 Å². The van der Waals surface area contributed by atoms with Crippen molar-refractivity contribution in [3.63, 3.8) is 0 Å². The molecule has 0 bridgehead atoms. The van der Waals surface area contributed by atoms with Crippen LogP contribution >= 0.6 is 15.9 Å². The summed E-state index contributed by atoms with van der Waals surface area (Å²) in [4.78, 5) is 0. The summed E-state index contributed by atoms with van der Waals surface area (Å²) in [6.07, 6.45) is 0. The molecule has 0 unspecified atom stereocenters. The van der Waals surface area contributed by atoms with Gasteiger partial charge in [0, 0.05) is 11.0 Å². The van der Waals surface area contributed by atoms with Crippen molar-refractivity contribution in [1.29, 1.82) is 0 Å². The van der Waals surface area contributed by atoms with E-state index in [0.717, 1.165) is 21.3 Å². The minimum Gasteiger partial charge on any atom is -0.489 e. The molecule has 2 aromatic rings. The van der Waals surface area contributed by atoms with Crippen LogP contribution in [0.4, 0.5) is 4.39 Å². The highest BCUT2D eigenvalue weighted by atomic mass is 79.9. The first-order valence-electron chi connectivity index (χ1n) is 5.54. The van der Waals surface area contributed by atoms with Crippen LogP contribution in [0, 0.1) is 5.82 Å². The van der Waals surface area contributed by atoms with E-state index in [1.807, 2.05) is 30.3 Å². The highest BCUT2D eigenvalue weighted by Gasteiger charge is 2.01. The van der Waals surface area contributed by atoms with Crippen LogP contribution in [0.3, 0.4) is 0 Å². The molecule has 2 aromatic carbocycles. The van der Waals surface area contributed by atoms with Gasteiger partial charge in [-0.15, -0.1) is 0 Å². The molecule has 4 heteroatoms. The van der Waals surface area contributed by atoms with E-state index in [2.05, 4.69) is 15.9 Å². The van der Waals surface area contributed by atoms with Crippen molar-refractivity contribution in [3.05, 3.63) is 63.9 Å². The number of hydrogen-bond acceptors (Lipinski definition) is 2. The average molecular weight is 310 g/mol. The molecule has 0 atom stereocenters. The minimum atomic E-state index is -0.286. The van der Waals surface area contributed by atoms with Crippen LogP contribution in [-0.2, 0) is 13.2 Å². The van der Waals surface area contributed by atoms with Crippen LogP contribution in [0.15, 0.2) is 46.9 Å². The predicted octanol–water partition coefficient (Wildman–Crippen LogP) is 3.63. The summed E-state index contributed by atoms with van der Waals surface area (Å²) in [7, 11) is 0. The third-order valence-electron chi connectivity index (χ3n) is 2.45. The lowest BCUT2D eigenvalue weighted by Crippen LogP contribution is -2.01. The van der Waals surface area contributed by atoms with Crippen molar-refractivity contribution in [1.82, 2.24) is 0 Å². The highest BCUT2D eigenvalue weighted by molar-refractivity contribution is 9.10. The Morgan fingerprint density at radius 1 is 1.11 bits per heavy atom. The van der Waals surface area contributed by atoms with E-state index in [1.165, 1.54) is 12.1 Å². The molecule has 2 rings (SSSR count). The Balaban J connectivity index is 2.08. The lowest BCUT2D eigenvalue weighted by Gasteiger charge is -2.08. The molecule has 0 aliphatic heterocycles. The average Bonchev–Trinajstić information content (AvgIpc) is 2.36. The van der Waals surface area contributed by atoms with E-state index in [0.29, 0.717) is 13.2 Å². The van der Waals surface area contributed by atoms with E-state index in [-0.39, 0.29) is 5.82 Å². The Bertz CT molecular complexity index is 545. The number of rotatable bonds is 4. The van der Waals surface area contributed by atoms with Gasteiger partial charge in [0.25, 0.3) is 0 Å². The fourth-order valence-corrected chi connectivity index (χ4v) is 2.02. The molecule has 0 heterocycles. The second-order valence-corrected chi connectivity index (χ2v) is 4.83. The first-order chi connectivity index (χ1) is 8.67. The lowest BCUT2D eigenvalue weighted by atomic mass is 10.1. The monoisotopic (exact) mass is 309 g/mol. The second-order valence-electron chi connectivity index (χ2n) is 3.92. The van der Waals surface area contributed by atoms with Gasteiger partial charge in [0.15, 0.2) is 0 Å². The van der Waals surface area contributed by atoms with Gasteiger partial charge in [-0.05, 0) is 41.5 Å². The Morgan fingerprint density at radius 2 is 1.89 bits per heavy atom. The third-order valence-corrected chi connectivity index (χ3v) is 2.95. The van der Waals surface area contributed by atoms with E-state index in [1.54, 1.807) is 0 Å². The molecule has 0 aliphatic carbocycles. The minimum absolute atomic E-state index is 0.286. The Kier molecular flexibility index (Phi) is 4.33. The Hall–Kier alpha value is -1.39. The fraction of sp³-hybridized carbons (Fsp3) is 0.143. The fourth-order valence-electron chi connectivity index (χ4n) is 1.64. The van der Waals surface area contributed by atoms with Crippen LogP contribution in [0.2, 0.25) is 0 Å². The van der Waals surface area contributed by atoms with Gasteiger partial charge in [-0.2, -0.15) is 0 Å². The van der Waals surface area contributed by atoms with Crippen molar-refractivity contribution >= 4 is 15.9 Å². The van der Waals surface area contributed by atoms with E-state index in [9.17, 15) is 4.39 Å². The number of benzene rings is 2. The van der Waals surface area contributed by atoms with Crippen molar-refractivity contribution < 1.29 is 9.13 Å². The van der Waals surface area contributed by atoms with Crippen molar-refractivity contribution in [2.45, 2.75) is 13.2 Å². The summed E-state index contributed by atoms with van der Waals surface area (Å²) in [6.45, 7) is 0.642. The van der Waals surface area contributed by atoms with Crippen molar-refractivity contribution in [3.8, 4) is 5.75 Å². The molecule has 0 amide bonds. The lowest BCUT2D eigenvalue weighted by molar-refractivity contribution is 0.305. The first-order valence-corrected chi connectivity index (χ1v) is 6.33. The summed E-state index contributed by atoms with van der Waals surface area (Å²) in [5.41, 5.74) is 7.04. The normalized spacial score (nSPS) is 10.4. The quantitative estimate of drug-likeness (QED) is 0.936. The van der Waals surface area contributed by atoms with Crippen LogP contribution in [0.1, 0.15) is 11.1 Å². The summed E-state index contributed by atoms with van der Waals surface area (Å²) in [6, 6.07) is 12.3. The first kappa shape index (κ1) is 13.1. The number of hydrogen-bond donors (Lipinski definition) is 1.